The summed E-state index contributed by atoms with van der Waals surface area (Å²) in [6.07, 6.45) is 3.98. The van der Waals surface area contributed by atoms with Crippen molar-refractivity contribution in [3.63, 3.8) is 0 Å². The van der Waals surface area contributed by atoms with E-state index in [4.69, 9.17) is 4.42 Å². The first-order chi connectivity index (χ1) is 5.86. The largest absolute Gasteiger partial charge is 0.460 e. The van der Waals surface area contributed by atoms with Crippen LogP contribution in [0.15, 0.2) is 16.5 Å². The van der Waals surface area contributed by atoms with Gasteiger partial charge in [0.25, 0.3) is 0 Å². The van der Waals surface area contributed by atoms with Crippen LogP contribution < -0.4 is 5.32 Å². The average Bonchev–Trinajstić information content (AvgIpc) is 2.54. The van der Waals surface area contributed by atoms with E-state index >= 15 is 0 Å². The lowest BCUT2D eigenvalue weighted by molar-refractivity contribution is -0.706. The van der Waals surface area contributed by atoms with Crippen LogP contribution in [0.4, 0.5) is 0 Å². The van der Waals surface area contributed by atoms with Crippen LogP contribution in [0, 0.1) is 6.92 Å². The highest BCUT2D eigenvalue weighted by Crippen LogP contribution is 2.19. The van der Waals surface area contributed by atoms with Gasteiger partial charge < -0.3 is 9.73 Å². The summed E-state index contributed by atoms with van der Waals surface area (Å²) in [6.45, 7) is 3.26. The highest BCUT2D eigenvalue weighted by Gasteiger charge is 2.20. The van der Waals surface area contributed by atoms with Gasteiger partial charge in [-0.15, -0.1) is 0 Å². The summed E-state index contributed by atoms with van der Waals surface area (Å²) >= 11 is 0. The summed E-state index contributed by atoms with van der Waals surface area (Å²) in [4.78, 5) is 0. The van der Waals surface area contributed by atoms with Crippen molar-refractivity contribution < 1.29 is 9.73 Å². The molecule has 1 aliphatic heterocycles. The van der Waals surface area contributed by atoms with Crippen molar-refractivity contribution >= 4 is 0 Å². The van der Waals surface area contributed by atoms with Crippen molar-refractivity contribution in [3.8, 4) is 0 Å². The molecule has 2 heterocycles. The minimum atomic E-state index is 0.590. The van der Waals surface area contributed by atoms with E-state index in [0.717, 1.165) is 11.5 Å². The Morgan fingerprint density at radius 1 is 1.42 bits per heavy atom. The molecule has 1 aromatic rings. The lowest BCUT2D eigenvalue weighted by Gasteiger charge is -2.17. The van der Waals surface area contributed by atoms with E-state index in [9.17, 15) is 0 Å². The van der Waals surface area contributed by atoms with Gasteiger partial charge in [-0.3, -0.25) is 0 Å². The molecule has 1 saturated heterocycles. The van der Waals surface area contributed by atoms with E-state index in [1.807, 2.05) is 6.92 Å². The average molecular weight is 166 g/mol. The quantitative estimate of drug-likeness (QED) is 0.671. The van der Waals surface area contributed by atoms with E-state index in [-0.39, 0.29) is 0 Å². The van der Waals surface area contributed by atoms with Gasteiger partial charge in [-0.1, -0.05) is 0 Å². The van der Waals surface area contributed by atoms with Crippen molar-refractivity contribution in [2.45, 2.75) is 32.2 Å². The molecule has 0 saturated carbocycles. The number of aryl methyl sites for hydroxylation is 1. The SMILES string of the molecule is Cc1ccc([C@H]2CCCC[NH2+]2)o1. The van der Waals surface area contributed by atoms with Gasteiger partial charge in [-0.05, 0) is 31.9 Å². The number of quaternary nitrogens is 1. The fourth-order valence-corrected chi connectivity index (χ4v) is 1.86. The predicted molar refractivity (Wildman–Crippen MR) is 46.8 cm³/mol. The molecule has 0 radical (unpaired) electrons. The molecule has 1 atom stereocenters. The van der Waals surface area contributed by atoms with E-state index < -0.39 is 0 Å². The van der Waals surface area contributed by atoms with Gasteiger partial charge in [0.05, 0.1) is 6.54 Å². The Morgan fingerprint density at radius 3 is 2.92 bits per heavy atom. The van der Waals surface area contributed by atoms with Crippen molar-refractivity contribution in [1.82, 2.24) is 0 Å². The third kappa shape index (κ3) is 1.53. The monoisotopic (exact) mass is 166 g/mol. The van der Waals surface area contributed by atoms with Gasteiger partial charge in [-0.25, -0.2) is 0 Å². The number of nitrogens with two attached hydrogens (primary N) is 1. The zero-order chi connectivity index (χ0) is 8.39. The van der Waals surface area contributed by atoms with Crippen LogP contribution in [0.3, 0.4) is 0 Å². The van der Waals surface area contributed by atoms with Crippen LogP contribution in [0.5, 0.6) is 0 Å². The van der Waals surface area contributed by atoms with Crippen LogP contribution in [-0.4, -0.2) is 6.54 Å². The molecule has 0 aliphatic carbocycles. The van der Waals surface area contributed by atoms with E-state index in [0.29, 0.717) is 6.04 Å². The van der Waals surface area contributed by atoms with Gasteiger partial charge in [0.1, 0.15) is 11.8 Å². The number of hydrogen-bond donors (Lipinski definition) is 1. The summed E-state index contributed by atoms with van der Waals surface area (Å²) in [6, 6.07) is 4.76. The van der Waals surface area contributed by atoms with E-state index in [1.54, 1.807) is 0 Å². The molecule has 66 valence electrons. The Kier molecular flexibility index (Phi) is 2.17. The first-order valence-corrected chi connectivity index (χ1v) is 4.76. The first-order valence-electron chi connectivity index (χ1n) is 4.76. The molecule has 2 N–H and O–H groups in total. The van der Waals surface area contributed by atoms with Crippen molar-refractivity contribution in [3.05, 3.63) is 23.7 Å². The molecule has 0 unspecified atom stereocenters. The second-order valence-electron chi connectivity index (χ2n) is 3.58. The Bertz CT molecular complexity index is 248. The standard InChI is InChI=1S/C10H15NO/c1-8-5-6-10(12-8)9-4-2-3-7-11-9/h5-6,9,11H,2-4,7H2,1H3/p+1/t9-/m1/s1. The molecule has 1 fully saturated rings. The number of piperidine rings is 1. The van der Waals surface area contributed by atoms with Gasteiger partial charge in [0.15, 0.2) is 5.76 Å². The maximum absolute atomic E-state index is 5.59. The predicted octanol–water partition coefficient (Wildman–Crippen LogP) is 1.38. The Labute approximate surface area is 73.0 Å². The van der Waals surface area contributed by atoms with Crippen LogP contribution >= 0.6 is 0 Å². The summed E-state index contributed by atoms with van der Waals surface area (Å²) < 4.78 is 5.59. The second-order valence-corrected chi connectivity index (χ2v) is 3.58. The van der Waals surface area contributed by atoms with Gasteiger partial charge in [-0.2, -0.15) is 0 Å². The number of furan rings is 1. The molecule has 1 aliphatic rings. The van der Waals surface area contributed by atoms with E-state index in [1.165, 1.54) is 25.8 Å². The van der Waals surface area contributed by atoms with Crippen molar-refractivity contribution in [2.24, 2.45) is 0 Å². The normalized spacial score (nSPS) is 24.2. The summed E-state index contributed by atoms with van der Waals surface area (Å²) in [5, 5.41) is 2.39. The Hall–Kier alpha value is -0.760. The number of hydrogen-bond acceptors (Lipinski definition) is 1. The molecule has 12 heavy (non-hydrogen) atoms. The maximum Gasteiger partial charge on any atom is 0.161 e. The van der Waals surface area contributed by atoms with E-state index in [2.05, 4.69) is 17.4 Å². The molecule has 2 heteroatoms. The van der Waals surface area contributed by atoms with Crippen LogP contribution in [-0.2, 0) is 0 Å². The smallest absolute Gasteiger partial charge is 0.161 e. The van der Waals surface area contributed by atoms with Crippen LogP contribution in [0.25, 0.3) is 0 Å². The zero-order valence-electron chi connectivity index (χ0n) is 7.55. The van der Waals surface area contributed by atoms with Crippen molar-refractivity contribution in [1.29, 1.82) is 0 Å². The third-order valence-electron chi connectivity index (χ3n) is 2.55. The molecule has 0 amide bonds. The topological polar surface area (TPSA) is 29.8 Å². The minimum Gasteiger partial charge on any atom is -0.460 e. The molecular weight excluding hydrogens is 150 g/mol. The fourth-order valence-electron chi connectivity index (χ4n) is 1.86. The highest BCUT2D eigenvalue weighted by atomic mass is 16.3. The molecule has 2 rings (SSSR count). The van der Waals surface area contributed by atoms with Gasteiger partial charge in [0, 0.05) is 6.42 Å². The lowest BCUT2D eigenvalue weighted by Crippen LogP contribution is -2.86. The van der Waals surface area contributed by atoms with Crippen LogP contribution in [0.2, 0.25) is 0 Å². The summed E-state index contributed by atoms with van der Waals surface area (Å²) in [5.74, 6) is 2.19. The minimum absolute atomic E-state index is 0.590. The maximum atomic E-state index is 5.59. The van der Waals surface area contributed by atoms with Gasteiger partial charge >= 0.3 is 0 Å². The lowest BCUT2D eigenvalue weighted by atomic mass is 10.0. The molecular formula is C10H16NO+. The highest BCUT2D eigenvalue weighted by molar-refractivity contribution is 5.07. The molecule has 0 bridgehead atoms. The summed E-state index contributed by atoms with van der Waals surface area (Å²) in [7, 11) is 0. The van der Waals surface area contributed by atoms with Crippen LogP contribution in [0.1, 0.15) is 36.8 Å². The molecule has 0 aromatic carbocycles. The molecule has 1 aromatic heterocycles. The molecule has 2 nitrogen and oxygen atoms in total. The number of rotatable bonds is 1. The zero-order valence-corrected chi connectivity index (χ0v) is 7.55. The van der Waals surface area contributed by atoms with Gasteiger partial charge in [0.2, 0.25) is 0 Å². The molecule has 0 spiro atoms. The second kappa shape index (κ2) is 3.31. The fraction of sp³-hybridized carbons (Fsp3) is 0.600. The Morgan fingerprint density at radius 2 is 2.33 bits per heavy atom. The summed E-state index contributed by atoms with van der Waals surface area (Å²) in [5.41, 5.74) is 0. The third-order valence-corrected chi connectivity index (χ3v) is 2.55. The Balaban J connectivity index is 2.08. The van der Waals surface area contributed by atoms with Crippen molar-refractivity contribution in [2.75, 3.05) is 6.54 Å². The first kappa shape index (κ1) is 7.87.